The first-order chi connectivity index (χ1) is 16.7. The molecule has 1 amide bonds. The summed E-state index contributed by atoms with van der Waals surface area (Å²) >= 11 is 0. The molecule has 0 bridgehead atoms. The molecule has 0 aromatic heterocycles. The van der Waals surface area contributed by atoms with Gasteiger partial charge < -0.3 is 18.4 Å². The predicted octanol–water partition coefficient (Wildman–Crippen LogP) is 3.62. The number of para-hydroxylation sites is 2. The number of benzene rings is 3. The van der Waals surface area contributed by atoms with Crippen LogP contribution in [-0.4, -0.2) is 41.4 Å². The molecule has 3 aromatic rings. The van der Waals surface area contributed by atoms with Gasteiger partial charge in [-0.1, -0.05) is 24.3 Å². The summed E-state index contributed by atoms with van der Waals surface area (Å²) in [6.07, 6.45) is 1.38. The van der Waals surface area contributed by atoms with Crippen molar-refractivity contribution in [3.63, 3.8) is 0 Å². The maximum absolute atomic E-state index is 12.8. The predicted molar refractivity (Wildman–Crippen MR) is 131 cm³/mol. The zero-order valence-corrected chi connectivity index (χ0v) is 20.6. The van der Waals surface area contributed by atoms with Crippen molar-refractivity contribution in [2.24, 2.45) is 5.10 Å². The fourth-order valence-electron chi connectivity index (χ4n) is 3.07. The van der Waals surface area contributed by atoms with Gasteiger partial charge in [0.15, 0.2) is 29.6 Å². The molecule has 0 spiro atoms. The van der Waals surface area contributed by atoms with E-state index in [0.29, 0.717) is 22.6 Å². The summed E-state index contributed by atoms with van der Waals surface area (Å²) in [5, 5.41) is 3.89. The third kappa shape index (κ3) is 6.73. The van der Waals surface area contributed by atoms with Gasteiger partial charge in [-0.2, -0.15) is 13.5 Å². The number of amides is 1. The van der Waals surface area contributed by atoms with Crippen molar-refractivity contribution in [3.8, 4) is 23.0 Å². The molecule has 0 unspecified atom stereocenters. The Bertz CT molecular complexity index is 1340. The second kappa shape index (κ2) is 11.4. The van der Waals surface area contributed by atoms with E-state index in [0.717, 1.165) is 5.56 Å². The second-order valence-electron chi connectivity index (χ2n) is 7.45. The lowest BCUT2D eigenvalue weighted by Gasteiger charge is -2.13. The molecule has 9 nitrogen and oxygen atoms in total. The van der Waals surface area contributed by atoms with Gasteiger partial charge in [-0.25, -0.2) is 5.43 Å². The van der Waals surface area contributed by atoms with E-state index in [2.05, 4.69) is 10.5 Å². The van der Waals surface area contributed by atoms with Crippen molar-refractivity contribution in [2.45, 2.75) is 18.7 Å². The van der Waals surface area contributed by atoms with Crippen LogP contribution in [0.1, 0.15) is 16.7 Å². The van der Waals surface area contributed by atoms with Gasteiger partial charge in [-0.15, -0.1) is 0 Å². The van der Waals surface area contributed by atoms with Gasteiger partial charge in [0, 0.05) is 0 Å². The first kappa shape index (κ1) is 25.6. The number of aryl methyl sites for hydroxylation is 2. The summed E-state index contributed by atoms with van der Waals surface area (Å²) in [5.41, 5.74) is 4.28. The number of rotatable bonds is 10. The van der Waals surface area contributed by atoms with Crippen LogP contribution in [0.15, 0.2) is 70.7 Å². The Morgan fingerprint density at radius 1 is 0.914 bits per heavy atom. The molecule has 184 valence electrons. The highest BCUT2D eigenvalue weighted by atomic mass is 32.2. The number of methoxy groups -OCH3 is 2. The van der Waals surface area contributed by atoms with E-state index in [1.807, 2.05) is 6.07 Å². The van der Waals surface area contributed by atoms with E-state index in [1.54, 1.807) is 56.3 Å². The number of nitrogens with one attached hydrogen (secondary N) is 1. The van der Waals surface area contributed by atoms with E-state index in [1.165, 1.54) is 32.6 Å². The maximum atomic E-state index is 12.8. The number of hydrazone groups is 1. The smallest absolute Gasteiger partial charge is 0.339 e. The van der Waals surface area contributed by atoms with Crippen LogP contribution >= 0.6 is 0 Å². The Hall–Kier alpha value is -4.05. The van der Waals surface area contributed by atoms with Crippen molar-refractivity contribution >= 4 is 22.2 Å². The summed E-state index contributed by atoms with van der Waals surface area (Å²) in [6.45, 7) is 3.24. The Labute approximate surface area is 204 Å². The topological polar surface area (TPSA) is 113 Å². The van der Waals surface area contributed by atoms with Crippen molar-refractivity contribution in [1.29, 1.82) is 0 Å². The number of carbonyl (C=O) groups excluding carboxylic acids is 1. The van der Waals surface area contributed by atoms with Gasteiger partial charge in [-0.3, -0.25) is 4.79 Å². The molecule has 0 fully saturated rings. The molecule has 0 aliphatic heterocycles. The zero-order valence-electron chi connectivity index (χ0n) is 19.8. The zero-order chi connectivity index (χ0) is 25.4. The summed E-state index contributed by atoms with van der Waals surface area (Å²) < 4.78 is 46.9. The molecule has 0 saturated carbocycles. The summed E-state index contributed by atoms with van der Waals surface area (Å²) in [5.74, 6) is 0.690. The number of hydrogen-bond donors (Lipinski definition) is 1. The van der Waals surface area contributed by atoms with Crippen LogP contribution in [0.2, 0.25) is 0 Å². The van der Waals surface area contributed by atoms with Gasteiger partial charge in [-0.05, 0) is 66.9 Å². The molecule has 3 rings (SSSR count). The lowest BCUT2D eigenvalue weighted by atomic mass is 10.2. The SMILES string of the molecule is COc1ccccc1OCC(=O)N/N=C\c1ccc(OS(=O)(=O)c2cc(C)ccc2C)c(OC)c1. The Morgan fingerprint density at radius 3 is 2.34 bits per heavy atom. The Balaban J connectivity index is 1.64. The van der Waals surface area contributed by atoms with E-state index in [4.69, 9.17) is 18.4 Å². The first-order valence-corrected chi connectivity index (χ1v) is 11.9. The van der Waals surface area contributed by atoms with Crippen LogP contribution in [0.5, 0.6) is 23.0 Å². The fraction of sp³-hybridized carbons (Fsp3) is 0.200. The van der Waals surface area contributed by atoms with E-state index < -0.39 is 16.0 Å². The molecule has 10 heteroatoms. The summed E-state index contributed by atoms with van der Waals surface area (Å²) in [7, 11) is -1.16. The highest BCUT2D eigenvalue weighted by molar-refractivity contribution is 7.87. The van der Waals surface area contributed by atoms with Crippen LogP contribution in [0.25, 0.3) is 0 Å². The lowest BCUT2D eigenvalue weighted by molar-refractivity contribution is -0.123. The van der Waals surface area contributed by atoms with Crippen LogP contribution in [0, 0.1) is 13.8 Å². The fourth-order valence-corrected chi connectivity index (χ4v) is 4.32. The molecule has 1 N–H and O–H groups in total. The average Bonchev–Trinajstić information content (AvgIpc) is 2.85. The van der Waals surface area contributed by atoms with E-state index in [9.17, 15) is 13.2 Å². The molecular formula is C25H26N2O7S. The van der Waals surface area contributed by atoms with Crippen LogP contribution in [0.4, 0.5) is 0 Å². The number of hydrogen-bond acceptors (Lipinski definition) is 8. The molecular weight excluding hydrogens is 472 g/mol. The number of nitrogens with zero attached hydrogens (tertiary/aromatic N) is 1. The molecule has 0 saturated heterocycles. The minimum atomic E-state index is -4.07. The maximum Gasteiger partial charge on any atom is 0.339 e. The molecule has 0 radical (unpaired) electrons. The van der Waals surface area contributed by atoms with Crippen LogP contribution in [-0.2, 0) is 14.9 Å². The van der Waals surface area contributed by atoms with Crippen molar-refractivity contribution in [3.05, 3.63) is 77.4 Å². The van der Waals surface area contributed by atoms with Crippen molar-refractivity contribution < 1.29 is 31.6 Å². The molecule has 0 atom stereocenters. The van der Waals surface area contributed by atoms with Crippen molar-refractivity contribution in [1.82, 2.24) is 5.43 Å². The standard InChI is InChI=1S/C25H26N2O7S/c1-17-9-10-18(2)24(13-17)35(29,30)34-22-12-11-19(14-23(22)32-4)15-26-27-25(28)16-33-21-8-6-5-7-20(21)31-3/h5-15H,16H2,1-4H3,(H,27,28)/b26-15-. The van der Waals surface area contributed by atoms with E-state index in [-0.39, 0.29) is 23.0 Å². The Morgan fingerprint density at radius 2 is 1.63 bits per heavy atom. The average molecular weight is 499 g/mol. The highest BCUT2D eigenvalue weighted by Crippen LogP contribution is 2.31. The third-order valence-corrected chi connectivity index (χ3v) is 6.21. The van der Waals surface area contributed by atoms with Gasteiger partial charge in [0.1, 0.15) is 4.90 Å². The van der Waals surface area contributed by atoms with Crippen LogP contribution < -0.4 is 23.8 Å². The van der Waals surface area contributed by atoms with E-state index >= 15 is 0 Å². The highest BCUT2D eigenvalue weighted by Gasteiger charge is 2.21. The molecule has 0 aliphatic rings. The lowest BCUT2D eigenvalue weighted by Crippen LogP contribution is -2.24. The molecule has 0 heterocycles. The Kier molecular flexibility index (Phi) is 8.32. The van der Waals surface area contributed by atoms with Crippen LogP contribution in [0.3, 0.4) is 0 Å². The van der Waals surface area contributed by atoms with Gasteiger partial charge in [0.25, 0.3) is 5.91 Å². The second-order valence-corrected chi connectivity index (χ2v) is 8.96. The number of ether oxygens (including phenoxy) is 3. The third-order valence-electron chi connectivity index (χ3n) is 4.83. The minimum absolute atomic E-state index is 0.0276. The molecule has 0 aliphatic carbocycles. The summed E-state index contributed by atoms with van der Waals surface area (Å²) in [4.78, 5) is 12.1. The van der Waals surface area contributed by atoms with Gasteiger partial charge in [0.2, 0.25) is 0 Å². The largest absolute Gasteiger partial charge is 0.493 e. The molecule has 35 heavy (non-hydrogen) atoms. The van der Waals surface area contributed by atoms with Crippen molar-refractivity contribution in [2.75, 3.05) is 20.8 Å². The van der Waals surface area contributed by atoms with Gasteiger partial charge in [0.05, 0.1) is 20.4 Å². The number of carbonyl (C=O) groups is 1. The monoisotopic (exact) mass is 498 g/mol. The van der Waals surface area contributed by atoms with Gasteiger partial charge >= 0.3 is 10.1 Å². The minimum Gasteiger partial charge on any atom is -0.493 e. The quantitative estimate of drug-likeness (QED) is 0.258. The first-order valence-electron chi connectivity index (χ1n) is 10.5. The summed E-state index contributed by atoms with van der Waals surface area (Å²) in [6, 6.07) is 16.6. The molecule has 3 aromatic carbocycles. The normalized spacial score (nSPS) is 11.2.